The fraction of sp³-hybridized carbons (Fsp3) is 0.455. The fourth-order valence-corrected chi connectivity index (χ4v) is 2.07. The van der Waals surface area contributed by atoms with E-state index in [2.05, 4.69) is 0 Å². The molecule has 1 rings (SSSR count). The highest BCUT2D eigenvalue weighted by Gasteiger charge is 2.11. The Labute approximate surface area is 104 Å². The van der Waals surface area contributed by atoms with Gasteiger partial charge in [-0.3, -0.25) is 9.05 Å². The summed E-state index contributed by atoms with van der Waals surface area (Å²) in [7, 11) is -0.589. The van der Waals surface area contributed by atoms with E-state index in [-0.39, 0.29) is 23.5 Å². The second-order valence-electron chi connectivity index (χ2n) is 3.48. The highest BCUT2D eigenvalue weighted by atomic mass is 31.1. The number of hydrogen-bond acceptors (Lipinski definition) is 4. The van der Waals surface area contributed by atoms with Crippen LogP contribution in [-0.4, -0.2) is 6.61 Å². The van der Waals surface area contributed by atoms with Crippen LogP contribution in [0.4, 0.5) is 0 Å². The highest BCUT2D eigenvalue weighted by molar-refractivity contribution is 7.17. The van der Waals surface area contributed by atoms with Crippen molar-refractivity contribution < 1.29 is 18.2 Å². The molecule has 0 saturated carbocycles. The molecule has 92 valence electrons. The van der Waals surface area contributed by atoms with Gasteiger partial charge in [0.15, 0.2) is 0 Å². The van der Waals surface area contributed by atoms with E-state index >= 15 is 0 Å². The predicted octanol–water partition coefficient (Wildman–Crippen LogP) is 4.34. The Hall–Kier alpha value is -0.660. The summed E-state index contributed by atoms with van der Waals surface area (Å²) in [6.07, 6.45) is 2.26. The second kappa shape index (κ2) is 9.38. The summed E-state index contributed by atoms with van der Waals surface area (Å²) in [4.78, 5) is 0. The minimum absolute atomic E-state index is 0.167. The van der Waals surface area contributed by atoms with Gasteiger partial charge in [0.1, 0.15) is 0 Å². The third-order valence-electron chi connectivity index (χ3n) is 2.35. The van der Waals surface area contributed by atoms with Gasteiger partial charge >= 0.3 is 17.4 Å². The average Bonchev–Trinajstić information content (AvgIpc) is 2.38. The number of rotatable bonds is 9. The molecule has 1 aromatic rings. The van der Waals surface area contributed by atoms with E-state index in [4.69, 9.17) is 9.05 Å². The molecule has 0 aliphatic carbocycles. The van der Waals surface area contributed by atoms with Crippen molar-refractivity contribution in [3.05, 3.63) is 35.9 Å². The van der Waals surface area contributed by atoms with E-state index in [1.54, 1.807) is 0 Å². The molecular formula is C11H14O4P2. The van der Waals surface area contributed by atoms with E-state index in [0.717, 1.165) is 24.8 Å². The summed E-state index contributed by atoms with van der Waals surface area (Å²) >= 11 is 0. The molecule has 6 heteroatoms. The number of hydrogen-bond donors (Lipinski definition) is 0. The van der Waals surface area contributed by atoms with E-state index in [0.29, 0.717) is 6.61 Å². The van der Waals surface area contributed by atoms with Crippen LogP contribution in [-0.2, 0) is 18.2 Å². The highest BCUT2D eigenvalue weighted by Crippen LogP contribution is 2.26. The van der Waals surface area contributed by atoms with Gasteiger partial charge in [0.25, 0.3) is 0 Å². The van der Waals surface area contributed by atoms with Gasteiger partial charge in [-0.25, -0.2) is 9.13 Å². The lowest BCUT2D eigenvalue weighted by molar-refractivity contribution is 0.207. The average molecular weight is 272 g/mol. The molecular weight excluding hydrogens is 258 g/mol. The van der Waals surface area contributed by atoms with Gasteiger partial charge in [-0.2, -0.15) is 0 Å². The molecule has 0 spiro atoms. The van der Waals surface area contributed by atoms with Gasteiger partial charge < -0.3 is 0 Å². The summed E-state index contributed by atoms with van der Waals surface area (Å²) in [5.74, 6) is 0. The summed E-state index contributed by atoms with van der Waals surface area (Å²) in [5.41, 5.74) is 1.01. The molecule has 0 amide bonds. The first kappa shape index (κ1) is 14.4. The molecule has 1 aromatic carbocycles. The molecule has 0 bridgehead atoms. The molecule has 0 aliphatic heterocycles. The molecule has 1 unspecified atom stereocenters. The minimum atomic E-state index is -0.308. The lowest BCUT2D eigenvalue weighted by Gasteiger charge is -2.13. The van der Waals surface area contributed by atoms with Crippen molar-refractivity contribution in [3.63, 3.8) is 0 Å². The quantitative estimate of drug-likeness (QED) is 0.495. The van der Waals surface area contributed by atoms with Crippen LogP contribution in [0.5, 0.6) is 0 Å². The van der Waals surface area contributed by atoms with Crippen LogP contribution in [0.25, 0.3) is 0 Å². The van der Waals surface area contributed by atoms with Gasteiger partial charge in [0, 0.05) is 0 Å². The largest absolute Gasteiger partial charge is 0.327 e. The maximum absolute atomic E-state index is 10.5. The molecule has 0 aromatic heterocycles. The third kappa shape index (κ3) is 5.99. The Morgan fingerprint density at radius 2 is 1.82 bits per heavy atom. The number of benzene rings is 1. The molecule has 0 aliphatic rings. The van der Waals surface area contributed by atoms with E-state index in [1.807, 2.05) is 30.3 Å². The molecule has 0 radical (unpaired) electrons. The summed E-state index contributed by atoms with van der Waals surface area (Å²) in [6.45, 7) is 0.460. The molecule has 4 nitrogen and oxygen atoms in total. The van der Waals surface area contributed by atoms with Crippen molar-refractivity contribution in [2.45, 2.75) is 25.4 Å². The van der Waals surface area contributed by atoms with Crippen LogP contribution in [0.1, 0.15) is 30.9 Å². The Morgan fingerprint density at radius 3 is 2.47 bits per heavy atom. The van der Waals surface area contributed by atoms with E-state index in [9.17, 15) is 9.13 Å². The third-order valence-corrected chi connectivity index (χ3v) is 2.97. The van der Waals surface area contributed by atoms with Crippen molar-refractivity contribution in [2.75, 3.05) is 6.61 Å². The molecule has 0 saturated heterocycles. The van der Waals surface area contributed by atoms with Gasteiger partial charge in [-0.05, 0) is 24.8 Å². The predicted molar refractivity (Wildman–Crippen MR) is 65.3 cm³/mol. The van der Waals surface area contributed by atoms with Gasteiger partial charge in [0.05, 0.1) is 12.7 Å². The fourth-order valence-electron chi connectivity index (χ4n) is 1.53. The maximum atomic E-state index is 10.5. The van der Waals surface area contributed by atoms with Gasteiger partial charge in [0.2, 0.25) is 0 Å². The normalized spacial score (nSPS) is 12.9. The lowest BCUT2D eigenvalue weighted by atomic mass is 10.0. The van der Waals surface area contributed by atoms with Crippen LogP contribution in [0.2, 0.25) is 0 Å². The van der Waals surface area contributed by atoms with E-state index < -0.39 is 0 Å². The monoisotopic (exact) mass is 272 g/mol. The zero-order valence-electron chi connectivity index (χ0n) is 9.32. The smallest absolute Gasteiger partial charge is 0.294 e. The first-order valence-corrected chi connectivity index (χ1v) is 6.82. The molecule has 0 heterocycles. The topological polar surface area (TPSA) is 52.6 Å². The summed E-state index contributed by atoms with van der Waals surface area (Å²) in [6, 6.07) is 9.67. The van der Waals surface area contributed by atoms with E-state index in [1.165, 1.54) is 0 Å². The van der Waals surface area contributed by atoms with Crippen molar-refractivity contribution in [3.8, 4) is 0 Å². The Bertz CT molecular complexity index is 332. The van der Waals surface area contributed by atoms with Crippen LogP contribution in [0.3, 0.4) is 0 Å². The summed E-state index contributed by atoms with van der Waals surface area (Å²) in [5, 5.41) is 0. The van der Waals surface area contributed by atoms with Crippen molar-refractivity contribution in [1.82, 2.24) is 0 Å². The molecule has 1 atom stereocenters. The van der Waals surface area contributed by atoms with Crippen molar-refractivity contribution >= 4 is 17.4 Å². The zero-order valence-corrected chi connectivity index (χ0v) is 11.1. The van der Waals surface area contributed by atoms with Gasteiger partial charge in [-0.15, -0.1) is 0 Å². The first-order valence-electron chi connectivity index (χ1n) is 5.36. The number of unbranched alkanes of at least 4 members (excludes halogenated alkanes) is 1. The molecule has 0 fully saturated rings. The van der Waals surface area contributed by atoms with Crippen LogP contribution < -0.4 is 0 Å². The summed E-state index contributed by atoms with van der Waals surface area (Å²) < 4.78 is 30.4. The van der Waals surface area contributed by atoms with Gasteiger partial charge in [-0.1, -0.05) is 30.3 Å². The zero-order chi connectivity index (χ0) is 12.3. The minimum Gasteiger partial charge on any atom is -0.294 e. The first-order chi connectivity index (χ1) is 8.38. The van der Waals surface area contributed by atoms with Crippen LogP contribution >= 0.6 is 17.4 Å². The van der Waals surface area contributed by atoms with Crippen molar-refractivity contribution in [1.29, 1.82) is 0 Å². The molecule has 17 heavy (non-hydrogen) atoms. The Balaban J connectivity index is 2.38. The SMILES string of the molecule is O=POCCCCC(OP=O)c1ccccc1. The Morgan fingerprint density at radius 1 is 1.06 bits per heavy atom. The molecule has 0 N–H and O–H groups in total. The van der Waals surface area contributed by atoms with Crippen LogP contribution in [0, 0.1) is 0 Å². The van der Waals surface area contributed by atoms with Crippen molar-refractivity contribution in [2.24, 2.45) is 0 Å². The Kier molecular flexibility index (Phi) is 7.94. The van der Waals surface area contributed by atoms with Crippen LogP contribution in [0.15, 0.2) is 30.3 Å². The standard InChI is InChI=1S/C11H14O4P2/c12-16-14-9-5-4-8-11(15-17-13)10-6-2-1-3-7-10/h1-3,6-7,11H,4-5,8-9H2. The second-order valence-corrected chi connectivity index (χ2v) is 4.25. The lowest BCUT2D eigenvalue weighted by Crippen LogP contribution is -1.99. The maximum Gasteiger partial charge on any atom is 0.327 e.